The zero-order chi connectivity index (χ0) is 34.5. The monoisotopic (exact) mass is 686 g/mol. The highest BCUT2D eigenvalue weighted by molar-refractivity contribution is 7.90. The third-order valence-electron chi connectivity index (χ3n) is 6.99. The maximum Gasteiger partial charge on any atom is 0.435 e. The molecule has 1 N–H and O–H groups in total. The van der Waals surface area contributed by atoms with E-state index in [-0.39, 0.29) is 28.8 Å². The second-order valence-electron chi connectivity index (χ2n) is 10.7. The van der Waals surface area contributed by atoms with Crippen molar-refractivity contribution in [1.82, 2.24) is 19.5 Å². The van der Waals surface area contributed by atoms with Crippen LogP contribution in [-0.4, -0.2) is 61.3 Å². The minimum atomic E-state index is -4.70. The van der Waals surface area contributed by atoms with Crippen molar-refractivity contribution in [3.8, 4) is 16.9 Å². The van der Waals surface area contributed by atoms with Crippen LogP contribution in [0, 0.1) is 12.8 Å². The number of hydrogen-bond acceptors (Lipinski definition) is 10. The summed E-state index contributed by atoms with van der Waals surface area (Å²) in [7, 11) is -4.37. The summed E-state index contributed by atoms with van der Waals surface area (Å²) in [6.07, 6.45) is -6.90. The second kappa shape index (κ2) is 14.1. The van der Waals surface area contributed by atoms with Crippen molar-refractivity contribution in [2.24, 2.45) is 16.4 Å². The minimum absolute atomic E-state index is 0.110. The summed E-state index contributed by atoms with van der Waals surface area (Å²) in [6, 6.07) is 20.9. The summed E-state index contributed by atoms with van der Waals surface area (Å²) in [4.78, 5) is 29.0. The third-order valence-corrected chi connectivity index (χ3v) is 8.31. The fraction of sp³-hybridized carbons (Fsp3) is 0.258. The van der Waals surface area contributed by atoms with E-state index in [1.54, 1.807) is 54.6 Å². The van der Waals surface area contributed by atoms with Gasteiger partial charge >= 0.3 is 18.2 Å². The quantitative estimate of drug-likeness (QED) is 0.0904. The Labute approximate surface area is 272 Å². The Bertz CT molecular complexity index is 1880. The van der Waals surface area contributed by atoms with Crippen LogP contribution in [0.1, 0.15) is 28.5 Å². The van der Waals surface area contributed by atoms with Crippen LogP contribution in [0.4, 0.5) is 18.0 Å². The van der Waals surface area contributed by atoms with Gasteiger partial charge in [0, 0.05) is 36.8 Å². The molecule has 0 saturated carbocycles. The molecule has 1 aliphatic heterocycles. The lowest BCUT2D eigenvalue weighted by molar-refractivity contribution is -0.141. The fourth-order valence-electron chi connectivity index (χ4n) is 4.48. The number of hydrogen-bond donors (Lipinski definition) is 1. The van der Waals surface area contributed by atoms with Gasteiger partial charge in [0.2, 0.25) is 0 Å². The van der Waals surface area contributed by atoms with Crippen LogP contribution >= 0.6 is 0 Å². The van der Waals surface area contributed by atoms with E-state index in [1.165, 1.54) is 24.1 Å². The molecule has 1 amide bonds. The number of carbonyl (C=O) groups is 2. The summed E-state index contributed by atoms with van der Waals surface area (Å²) in [5, 5.41) is 12.6. The van der Waals surface area contributed by atoms with E-state index >= 15 is 0 Å². The molecule has 1 aromatic heterocycles. The van der Waals surface area contributed by atoms with Gasteiger partial charge in [-0.15, -0.1) is 0 Å². The Morgan fingerprint density at radius 1 is 1.02 bits per heavy atom. The molecule has 252 valence electrons. The largest absolute Gasteiger partial charge is 0.448 e. The molecule has 13 nitrogen and oxygen atoms in total. The van der Waals surface area contributed by atoms with E-state index in [2.05, 4.69) is 15.6 Å². The number of nitrogens with zero attached hydrogens (tertiary/aromatic N) is 5. The summed E-state index contributed by atoms with van der Waals surface area (Å²) in [5.74, 6) is -0.746. The molecule has 0 aliphatic carbocycles. The molecule has 1 unspecified atom stereocenters. The molecule has 1 atom stereocenters. The first kappa shape index (κ1) is 33.9. The van der Waals surface area contributed by atoms with Crippen molar-refractivity contribution in [3.63, 3.8) is 0 Å². The van der Waals surface area contributed by atoms with Crippen molar-refractivity contribution in [2.45, 2.75) is 31.2 Å². The Hall–Kier alpha value is -5.45. The number of alkyl halides is 3. The lowest BCUT2D eigenvalue weighted by atomic mass is 10.0. The second-order valence-corrected chi connectivity index (χ2v) is 12.4. The van der Waals surface area contributed by atoms with Gasteiger partial charge in [0.05, 0.1) is 28.4 Å². The lowest BCUT2D eigenvalue weighted by Crippen LogP contribution is -2.46. The van der Waals surface area contributed by atoms with Crippen molar-refractivity contribution in [1.29, 1.82) is 0 Å². The van der Waals surface area contributed by atoms with Crippen LogP contribution in [-0.2, 0) is 30.5 Å². The molecular formula is C31H29F3N6O7S. The van der Waals surface area contributed by atoms with Crippen LogP contribution in [0.15, 0.2) is 100 Å². The zero-order valence-electron chi connectivity index (χ0n) is 25.5. The first-order valence-corrected chi connectivity index (χ1v) is 15.9. The molecular weight excluding hydrogens is 657 g/mol. The average molecular weight is 687 g/mol. The van der Waals surface area contributed by atoms with Gasteiger partial charge in [0.25, 0.3) is 16.3 Å². The van der Waals surface area contributed by atoms with Crippen LogP contribution in [0.25, 0.3) is 16.9 Å². The molecule has 17 heteroatoms. The van der Waals surface area contributed by atoms with Gasteiger partial charge in [-0.05, 0) is 54.6 Å². The Morgan fingerprint density at radius 2 is 1.69 bits per heavy atom. The van der Waals surface area contributed by atoms with Crippen LogP contribution in [0.5, 0.6) is 0 Å². The molecule has 3 aromatic carbocycles. The zero-order valence-corrected chi connectivity index (χ0v) is 26.3. The minimum Gasteiger partial charge on any atom is -0.448 e. The summed E-state index contributed by atoms with van der Waals surface area (Å²) in [5.41, 5.74) is 0.965. The molecule has 0 bridgehead atoms. The first-order valence-electron chi connectivity index (χ1n) is 14.4. The van der Waals surface area contributed by atoms with E-state index in [9.17, 15) is 31.2 Å². The summed E-state index contributed by atoms with van der Waals surface area (Å²) >= 11 is 0. The van der Waals surface area contributed by atoms with Gasteiger partial charge in [0.1, 0.15) is 0 Å². The van der Waals surface area contributed by atoms with Crippen LogP contribution in [0.3, 0.4) is 0 Å². The number of aryl methyl sites for hydroxylation is 1. The highest BCUT2D eigenvalue weighted by atomic mass is 32.2. The average Bonchev–Trinajstić information content (AvgIpc) is 3.49. The number of amides is 1. The van der Waals surface area contributed by atoms with Gasteiger partial charge in [0.15, 0.2) is 5.69 Å². The number of halogens is 3. The maximum atomic E-state index is 13.5. The van der Waals surface area contributed by atoms with Crippen molar-refractivity contribution < 1.29 is 45.5 Å². The molecule has 1 saturated heterocycles. The SMILES string of the molecule is Cc1ccc(-c2cc(C(F)(F)F)nn2-c2ccc(S(=O)(=O)NC(=O)OCC3CN(N=NOC(C)OC(=O)c4ccccc4)C3)cc2)cc1. The van der Waals surface area contributed by atoms with Crippen molar-refractivity contribution in [3.05, 3.63) is 102 Å². The number of esters is 1. The van der Waals surface area contributed by atoms with E-state index < -0.39 is 40.2 Å². The van der Waals surface area contributed by atoms with Gasteiger partial charge in [-0.1, -0.05) is 48.0 Å². The van der Waals surface area contributed by atoms with Crippen LogP contribution < -0.4 is 4.72 Å². The molecule has 1 aliphatic rings. The molecule has 4 aromatic rings. The van der Waals surface area contributed by atoms with Gasteiger partial charge in [-0.3, -0.25) is 5.01 Å². The molecule has 1 fully saturated rings. The van der Waals surface area contributed by atoms with Crippen molar-refractivity contribution >= 4 is 22.1 Å². The number of aromatic nitrogens is 2. The van der Waals surface area contributed by atoms with Crippen LogP contribution in [0.2, 0.25) is 0 Å². The fourth-order valence-corrected chi connectivity index (χ4v) is 5.37. The summed E-state index contributed by atoms with van der Waals surface area (Å²) in [6.45, 7) is 3.88. The Balaban J connectivity index is 1.10. The normalized spacial score (nSPS) is 14.3. The molecule has 0 spiro atoms. The molecule has 2 heterocycles. The van der Waals surface area contributed by atoms with Crippen molar-refractivity contribution in [2.75, 3.05) is 19.7 Å². The first-order chi connectivity index (χ1) is 22.8. The predicted octanol–water partition coefficient (Wildman–Crippen LogP) is 5.72. The number of benzene rings is 3. The Morgan fingerprint density at radius 3 is 2.33 bits per heavy atom. The standard InChI is InChI=1S/C31H29F3N6O7S/c1-20-8-10-23(11-9-20)27-16-28(31(32,33)34)35-40(27)25-12-14-26(15-13-25)48(43,44)36-30(42)45-19-22-17-39(18-22)37-38-47-21(2)46-29(41)24-6-4-3-5-7-24/h3-16,21-22H,17-19H2,1-2H3,(H,36,42). The number of sulfonamides is 1. The number of ether oxygens (including phenoxy) is 2. The highest BCUT2D eigenvalue weighted by Crippen LogP contribution is 2.33. The van der Waals surface area contributed by atoms with Gasteiger partial charge < -0.3 is 14.3 Å². The predicted molar refractivity (Wildman–Crippen MR) is 163 cm³/mol. The molecule has 48 heavy (non-hydrogen) atoms. The molecule has 5 rings (SSSR count). The topological polar surface area (TPSA) is 154 Å². The lowest BCUT2D eigenvalue weighted by Gasteiger charge is -2.34. The molecule has 0 radical (unpaired) electrons. The smallest absolute Gasteiger partial charge is 0.435 e. The number of carbonyl (C=O) groups excluding carboxylic acids is 2. The third kappa shape index (κ3) is 8.47. The van der Waals surface area contributed by atoms with Gasteiger partial charge in [-0.2, -0.15) is 18.3 Å². The number of rotatable bonds is 11. The summed E-state index contributed by atoms with van der Waals surface area (Å²) < 4.78 is 79.1. The maximum absolute atomic E-state index is 13.5. The van der Waals surface area contributed by atoms with E-state index in [0.717, 1.165) is 28.4 Å². The Kier molecular flexibility index (Phi) is 9.98. The highest BCUT2D eigenvalue weighted by Gasteiger charge is 2.35. The van der Waals surface area contributed by atoms with E-state index in [1.807, 2.05) is 11.6 Å². The number of nitrogens with one attached hydrogen (secondary N) is 1. The van der Waals surface area contributed by atoms with E-state index in [0.29, 0.717) is 24.2 Å². The van der Waals surface area contributed by atoms with E-state index in [4.69, 9.17) is 14.3 Å². The van der Waals surface area contributed by atoms with Gasteiger partial charge in [-0.25, -0.2) is 27.4 Å².